The number of carbonyl (C=O) groups excluding carboxylic acids is 2. The predicted molar refractivity (Wildman–Crippen MR) is 339 cm³/mol. The number of nitrogens with two attached hydrogens (primary N) is 1. The van der Waals surface area contributed by atoms with Crippen LogP contribution in [-0.4, -0.2) is 49.3 Å². The first-order valence-corrected chi connectivity index (χ1v) is 34.6. The summed E-state index contributed by atoms with van der Waals surface area (Å²) in [4.78, 5) is 35.2. The molecule has 0 bridgehead atoms. The Labute approximate surface area is 487 Å². The molecule has 0 aromatic rings. The maximum atomic E-state index is 12.7. The molecule has 0 rings (SSSR count). The van der Waals surface area contributed by atoms with E-state index in [9.17, 15) is 19.0 Å². The van der Waals surface area contributed by atoms with Gasteiger partial charge in [-0.25, -0.2) is 4.57 Å². The second-order valence-electron chi connectivity index (χ2n) is 22.0. The average Bonchev–Trinajstić information content (AvgIpc) is 3.44. The molecule has 0 saturated heterocycles. The topological polar surface area (TPSA) is 134 Å². The van der Waals surface area contributed by atoms with Crippen molar-refractivity contribution in [2.75, 3.05) is 26.4 Å². The van der Waals surface area contributed by atoms with Crippen LogP contribution in [0.2, 0.25) is 0 Å². The molecule has 2 unspecified atom stereocenters. The zero-order valence-electron chi connectivity index (χ0n) is 51.3. The number of hydrogen-bond donors (Lipinski definition) is 2. The Morgan fingerprint density at radius 1 is 0.392 bits per heavy atom. The first-order chi connectivity index (χ1) is 38.8. The summed E-state index contributed by atoms with van der Waals surface area (Å²) in [5.74, 6) is -0.889. The average molecular weight is 1130 g/mol. The number of esters is 2. The van der Waals surface area contributed by atoms with Gasteiger partial charge < -0.3 is 20.1 Å². The third kappa shape index (κ3) is 64.2. The van der Waals surface area contributed by atoms with Crippen LogP contribution < -0.4 is 5.73 Å². The highest BCUT2D eigenvalue weighted by Crippen LogP contribution is 2.43. The number of allylic oxidation sites excluding steroid dienone is 14. The van der Waals surface area contributed by atoms with Gasteiger partial charge in [-0.2, -0.15) is 0 Å². The monoisotopic (exact) mass is 1130 g/mol. The summed E-state index contributed by atoms with van der Waals surface area (Å²) in [6.07, 6.45) is 85.7. The van der Waals surface area contributed by atoms with E-state index in [2.05, 4.69) is 92.8 Å². The van der Waals surface area contributed by atoms with Crippen molar-refractivity contribution in [1.29, 1.82) is 0 Å². The van der Waals surface area contributed by atoms with Crippen LogP contribution >= 0.6 is 7.82 Å². The lowest BCUT2D eigenvalue weighted by Crippen LogP contribution is -2.29. The molecule has 0 spiro atoms. The number of phosphoric ester groups is 1. The molecule has 0 aliphatic heterocycles. The molecule has 10 heteroatoms. The Morgan fingerprint density at radius 2 is 0.709 bits per heavy atom. The van der Waals surface area contributed by atoms with Crippen LogP contribution in [0.4, 0.5) is 0 Å². The summed E-state index contributed by atoms with van der Waals surface area (Å²) in [5.41, 5.74) is 5.38. The van der Waals surface area contributed by atoms with Crippen LogP contribution in [-0.2, 0) is 32.7 Å². The fourth-order valence-electron chi connectivity index (χ4n) is 9.41. The van der Waals surface area contributed by atoms with Crippen molar-refractivity contribution in [2.45, 2.75) is 315 Å². The number of carbonyl (C=O) groups is 2. The first-order valence-electron chi connectivity index (χ1n) is 33.1. The number of unbranched alkanes of at least 4 members (excludes halogenated alkanes) is 35. The summed E-state index contributed by atoms with van der Waals surface area (Å²) >= 11 is 0. The second-order valence-corrected chi connectivity index (χ2v) is 23.4. The normalized spacial score (nSPS) is 13.5. The van der Waals surface area contributed by atoms with E-state index in [0.717, 1.165) is 57.8 Å². The van der Waals surface area contributed by atoms with Crippen molar-refractivity contribution in [2.24, 2.45) is 5.73 Å². The molecular formula is C69H124NO8P. The SMILES string of the molecule is CC/C=C\C/C=C\C/C=C\C/C=C\C/C=C\CCCC(=O)OC(COC(=O)CCCCCCCCCCCCCCCCCCCCCCCCCCCCCCC/C=C\C/C=C\CCCCCCC)COP(=O)(O)OCCN. The summed E-state index contributed by atoms with van der Waals surface area (Å²) in [5, 5.41) is 0. The molecule has 458 valence electrons. The molecule has 0 amide bonds. The largest absolute Gasteiger partial charge is 0.472 e. The molecule has 0 aliphatic rings. The van der Waals surface area contributed by atoms with Crippen molar-refractivity contribution >= 4 is 19.8 Å². The van der Waals surface area contributed by atoms with Crippen LogP contribution in [0.3, 0.4) is 0 Å². The van der Waals surface area contributed by atoms with Crippen LogP contribution in [0.1, 0.15) is 309 Å². The Hall–Kier alpha value is -2.81. The number of ether oxygens (including phenoxy) is 2. The first kappa shape index (κ1) is 76.2. The molecule has 0 radical (unpaired) electrons. The zero-order valence-corrected chi connectivity index (χ0v) is 52.2. The predicted octanol–water partition coefficient (Wildman–Crippen LogP) is 21.4. The summed E-state index contributed by atoms with van der Waals surface area (Å²) < 4.78 is 33.0. The highest BCUT2D eigenvalue weighted by molar-refractivity contribution is 7.47. The van der Waals surface area contributed by atoms with E-state index in [4.69, 9.17) is 24.3 Å². The fraction of sp³-hybridized carbons (Fsp3) is 0.768. The van der Waals surface area contributed by atoms with E-state index >= 15 is 0 Å². The second kappa shape index (κ2) is 64.4. The Bertz CT molecular complexity index is 1570. The van der Waals surface area contributed by atoms with E-state index in [0.29, 0.717) is 12.8 Å². The lowest BCUT2D eigenvalue weighted by Gasteiger charge is -2.19. The molecule has 79 heavy (non-hydrogen) atoms. The summed E-state index contributed by atoms with van der Waals surface area (Å²) in [7, 11) is -4.41. The Morgan fingerprint density at radius 3 is 1.08 bits per heavy atom. The third-order valence-corrected chi connectivity index (χ3v) is 15.2. The van der Waals surface area contributed by atoms with Gasteiger partial charge in [0, 0.05) is 19.4 Å². The number of rotatable bonds is 62. The van der Waals surface area contributed by atoms with Crippen molar-refractivity contribution in [3.05, 3.63) is 85.1 Å². The maximum absolute atomic E-state index is 12.7. The van der Waals surface area contributed by atoms with Crippen molar-refractivity contribution < 1.29 is 37.6 Å². The van der Waals surface area contributed by atoms with Crippen LogP contribution in [0.25, 0.3) is 0 Å². The van der Waals surface area contributed by atoms with E-state index in [-0.39, 0.29) is 32.6 Å². The summed E-state index contributed by atoms with van der Waals surface area (Å²) in [6.45, 7) is 3.57. The molecular weight excluding hydrogens is 1000 g/mol. The smallest absolute Gasteiger partial charge is 0.462 e. The van der Waals surface area contributed by atoms with E-state index in [1.165, 1.54) is 212 Å². The highest BCUT2D eigenvalue weighted by Gasteiger charge is 2.26. The van der Waals surface area contributed by atoms with E-state index in [1.807, 2.05) is 6.08 Å². The van der Waals surface area contributed by atoms with Gasteiger partial charge in [0.25, 0.3) is 0 Å². The third-order valence-electron chi connectivity index (χ3n) is 14.3. The molecule has 0 aromatic heterocycles. The maximum Gasteiger partial charge on any atom is 0.472 e. The van der Waals surface area contributed by atoms with Crippen LogP contribution in [0, 0.1) is 0 Å². The minimum Gasteiger partial charge on any atom is -0.462 e. The van der Waals surface area contributed by atoms with Gasteiger partial charge in [0.1, 0.15) is 6.61 Å². The number of hydrogen-bond acceptors (Lipinski definition) is 8. The Kier molecular flexibility index (Phi) is 62.1. The van der Waals surface area contributed by atoms with Gasteiger partial charge in [0.05, 0.1) is 13.2 Å². The molecule has 3 N–H and O–H groups in total. The minimum atomic E-state index is -4.41. The number of phosphoric acid groups is 1. The molecule has 0 heterocycles. The van der Waals surface area contributed by atoms with Crippen LogP contribution in [0.5, 0.6) is 0 Å². The van der Waals surface area contributed by atoms with Gasteiger partial charge in [-0.05, 0) is 83.5 Å². The minimum absolute atomic E-state index is 0.0423. The van der Waals surface area contributed by atoms with E-state index < -0.39 is 32.5 Å². The molecule has 2 atom stereocenters. The molecule has 0 saturated carbocycles. The van der Waals surface area contributed by atoms with Gasteiger partial charge in [0.2, 0.25) is 0 Å². The summed E-state index contributed by atoms with van der Waals surface area (Å²) in [6, 6.07) is 0. The molecule has 0 aromatic carbocycles. The van der Waals surface area contributed by atoms with Crippen LogP contribution in [0.15, 0.2) is 85.1 Å². The zero-order chi connectivity index (χ0) is 57.3. The van der Waals surface area contributed by atoms with E-state index in [1.54, 1.807) is 0 Å². The van der Waals surface area contributed by atoms with Gasteiger partial charge in [-0.1, -0.05) is 298 Å². The van der Waals surface area contributed by atoms with Crippen molar-refractivity contribution in [1.82, 2.24) is 0 Å². The van der Waals surface area contributed by atoms with Gasteiger partial charge in [0.15, 0.2) is 6.10 Å². The lowest BCUT2D eigenvalue weighted by atomic mass is 10.0. The molecule has 9 nitrogen and oxygen atoms in total. The Balaban J connectivity index is 3.77. The van der Waals surface area contributed by atoms with Gasteiger partial charge >= 0.3 is 19.8 Å². The van der Waals surface area contributed by atoms with Crippen molar-refractivity contribution in [3.8, 4) is 0 Å². The fourth-order valence-corrected chi connectivity index (χ4v) is 10.2. The highest BCUT2D eigenvalue weighted by atomic mass is 31.2. The quantitative estimate of drug-likeness (QED) is 0.0264. The molecule has 0 aliphatic carbocycles. The van der Waals surface area contributed by atoms with Crippen molar-refractivity contribution in [3.63, 3.8) is 0 Å². The van der Waals surface area contributed by atoms with Gasteiger partial charge in [-0.15, -0.1) is 0 Å². The standard InChI is InChI=1S/C69H124NO8P/c1-3-5-7-9-11-13-15-17-19-21-22-23-24-25-26-27-28-29-30-31-32-33-34-35-36-37-38-39-40-41-42-43-44-46-47-49-51-53-55-57-59-61-68(71)75-65-67(66-77-79(73,74)76-64-63-70)78-69(72)62-60-58-56-54-52-50-48-45-20-18-16-14-12-10-8-6-4-2/h6,8,12,14-15,17-18,20-22,48,50,54,56,67H,3-5,7,9-11,13,16,19,23-47,49,51-53,55,57-66,70H2,1-2H3,(H,73,74)/b8-6-,14-12-,17-15-,20-18-,22-21-,50-48-,56-54-. The lowest BCUT2D eigenvalue weighted by molar-refractivity contribution is -0.161. The molecule has 0 fully saturated rings. The van der Waals surface area contributed by atoms with Gasteiger partial charge in [-0.3, -0.25) is 18.6 Å².